The molecule has 0 aliphatic heterocycles. The number of methoxy groups -OCH3 is 1. The summed E-state index contributed by atoms with van der Waals surface area (Å²) < 4.78 is 6.76. The molecule has 3 rings (SSSR count). The number of aromatic amines is 1. The molecule has 0 saturated heterocycles. The summed E-state index contributed by atoms with van der Waals surface area (Å²) in [6.45, 7) is 0.416. The summed E-state index contributed by atoms with van der Waals surface area (Å²) in [5, 5.41) is 9.56. The smallest absolute Gasteiger partial charge is 0.326 e. The zero-order valence-corrected chi connectivity index (χ0v) is 11.0. The molecule has 0 amide bonds. The average Bonchev–Trinajstić information content (AvgIpc) is 2.75. The van der Waals surface area contributed by atoms with Crippen molar-refractivity contribution in [2.75, 3.05) is 7.11 Å². The third kappa shape index (κ3) is 2.14. The summed E-state index contributed by atoms with van der Waals surface area (Å²) in [6.07, 6.45) is 0. The van der Waals surface area contributed by atoms with Crippen LogP contribution in [0.25, 0.3) is 11.0 Å². The second-order valence-electron chi connectivity index (χ2n) is 4.57. The highest BCUT2D eigenvalue weighted by molar-refractivity contribution is 5.77. The lowest BCUT2D eigenvalue weighted by Gasteiger charge is -2.06. The van der Waals surface area contributed by atoms with Crippen LogP contribution in [0.15, 0.2) is 47.3 Å². The number of ether oxygens (including phenoxy) is 1. The summed E-state index contributed by atoms with van der Waals surface area (Å²) in [6, 6.07) is 12.4. The summed E-state index contributed by atoms with van der Waals surface area (Å²) in [7, 11) is 1.61. The Kier molecular flexibility index (Phi) is 2.95. The van der Waals surface area contributed by atoms with Gasteiger partial charge in [0.2, 0.25) is 0 Å². The van der Waals surface area contributed by atoms with Gasteiger partial charge in [0, 0.05) is 6.07 Å². The molecule has 2 N–H and O–H groups in total. The number of imidazole rings is 1. The fourth-order valence-electron chi connectivity index (χ4n) is 2.25. The van der Waals surface area contributed by atoms with Crippen LogP contribution in [0.1, 0.15) is 5.56 Å². The molecule has 0 aliphatic rings. The minimum atomic E-state index is -0.201. The number of benzene rings is 2. The Morgan fingerprint density at radius 3 is 2.90 bits per heavy atom. The van der Waals surface area contributed by atoms with Crippen molar-refractivity contribution < 1.29 is 9.84 Å². The van der Waals surface area contributed by atoms with Crippen LogP contribution in [0.3, 0.4) is 0 Å². The zero-order valence-electron chi connectivity index (χ0n) is 11.0. The Bertz CT molecular complexity index is 817. The van der Waals surface area contributed by atoms with Crippen LogP contribution < -0.4 is 10.4 Å². The van der Waals surface area contributed by atoms with Crippen molar-refractivity contribution in [1.29, 1.82) is 0 Å². The minimum absolute atomic E-state index is 0.135. The average molecular weight is 270 g/mol. The van der Waals surface area contributed by atoms with E-state index in [2.05, 4.69) is 4.98 Å². The van der Waals surface area contributed by atoms with Crippen LogP contribution in [-0.2, 0) is 6.54 Å². The van der Waals surface area contributed by atoms with Gasteiger partial charge in [-0.05, 0) is 29.8 Å². The van der Waals surface area contributed by atoms with E-state index in [9.17, 15) is 9.90 Å². The normalized spacial score (nSPS) is 10.8. The van der Waals surface area contributed by atoms with E-state index in [0.717, 1.165) is 11.3 Å². The minimum Gasteiger partial charge on any atom is -0.508 e. The van der Waals surface area contributed by atoms with E-state index in [0.29, 0.717) is 17.6 Å². The van der Waals surface area contributed by atoms with Gasteiger partial charge in [0.15, 0.2) is 0 Å². The van der Waals surface area contributed by atoms with Crippen molar-refractivity contribution in [3.8, 4) is 11.5 Å². The fraction of sp³-hybridized carbons (Fsp3) is 0.133. The number of aromatic nitrogens is 2. The topological polar surface area (TPSA) is 67.2 Å². The number of hydrogen-bond acceptors (Lipinski definition) is 3. The van der Waals surface area contributed by atoms with E-state index >= 15 is 0 Å². The number of phenolic OH excluding ortho intramolecular Hbond substituents is 1. The van der Waals surface area contributed by atoms with Crippen molar-refractivity contribution in [2.24, 2.45) is 0 Å². The molecule has 2 aromatic carbocycles. The predicted octanol–water partition coefficient (Wildman–Crippen LogP) is 2.09. The van der Waals surface area contributed by atoms with Crippen LogP contribution in [0.5, 0.6) is 11.5 Å². The Hall–Kier alpha value is -2.69. The molecule has 102 valence electrons. The Morgan fingerprint density at radius 2 is 2.10 bits per heavy atom. The SMILES string of the molecule is COc1cccc(Cn2c(=O)[nH]c3ccc(O)cc32)c1. The second kappa shape index (κ2) is 4.77. The Labute approximate surface area is 115 Å². The lowest BCUT2D eigenvalue weighted by atomic mass is 10.2. The molecule has 3 aromatic rings. The van der Waals surface area contributed by atoms with Gasteiger partial charge in [0.05, 0.1) is 24.7 Å². The number of nitrogens with one attached hydrogen (secondary N) is 1. The highest BCUT2D eigenvalue weighted by Crippen LogP contribution is 2.19. The van der Waals surface area contributed by atoms with Crippen molar-refractivity contribution in [2.45, 2.75) is 6.54 Å². The van der Waals surface area contributed by atoms with E-state index in [1.54, 1.807) is 29.9 Å². The van der Waals surface area contributed by atoms with Gasteiger partial charge in [-0.1, -0.05) is 12.1 Å². The van der Waals surface area contributed by atoms with Crippen molar-refractivity contribution in [3.63, 3.8) is 0 Å². The van der Waals surface area contributed by atoms with Gasteiger partial charge in [-0.3, -0.25) is 4.57 Å². The molecule has 0 atom stereocenters. The van der Waals surface area contributed by atoms with Crippen LogP contribution in [0, 0.1) is 0 Å². The first-order chi connectivity index (χ1) is 9.67. The number of phenols is 1. The zero-order chi connectivity index (χ0) is 14.1. The second-order valence-corrected chi connectivity index (χ2v) is 4.57. The largest absolute Gasteiger partial charge is 0.508 e. The van der Waals surface area contributed by atoms with Gasteiger partial charge in [-0.2, -0.15) is 0 Å². The van der Waals surface area contributed by atoms with Crippen molar-refractivity contribution >= 4 is 11.0 Å². The van der Waals surface area contributed by atoms with E-state index in [4.69, 9.17) is 4.74 Å². The molecule has 0 fully saturated rings. The Morgan fingerprint density at radius 1 is 1.25 bits per heavy atom. The molecule has 0 spiro atoms. The van der Waals surface area contributed by atoms with Crippen LogP contribution >= 0.6 is 0 Å². The Balaban J connectivity index is 2.07. The molecule has 0 bridgehead atoms. The molecule has 1 aromatic heterocycles. The first kappa shape index (κ1) is 12.3. The number of H-pyrrole nitrogens is 1. The van der Waals surface area contributed by atoms with Crippen molar-refractivity contribution in [1.82, 2.24) is 9.55 Å². The van der Waals surface area contributed by atoms with E-state index in [1.165, 1.54) is 0 Å². The quantitative estimate of drug-likeness (QED) is 0.765. The number of fused-ring (bicyclic) bond motifs is 1. The molecular formula is C15H14N2O3. The van der Waals surface area contributed by atoms with E-state index < -0.39 is 0 Å². The van der Waals surface area contributed by atoms with Gasteiger partial charge >= 0.3 is 5.69 Å². The predicted molar refractivity (Wildman–Crippen MR) is 76.3 cm³/mol. The first-order valence-corrected chi connectivity index (χ1v) is 6.22. The summed E-state index contributed by atoms with van der Waals surface area (Å²) in [5.74, 6) is 0.883. The van der Waals surface area contributed by atoms with Gasteiger partial charge in [0.25, 0.3) is 0 Å². The molecule has 1 heterocycles. The lowest BCUT2D eigenvalue weighted by Crippen LogP contribution is -2.17. The van der Waals surface area contributed by atoms with Gasteiger partial charge in [-0.15, -0.1) is 0 Å². The lowest BCUT2D eigenvalue weighted by molar-refractivity contribution is 0.414. The third-order valence-electron chi connectivity index (χ3n) is 3.23. The molecule has 20 heavy (non-hydrogen) atoms. The molecule has 0 radical (unpaired) electrons. The highest BCUT2D eigenvalue weighted by Gasteiger charge is 2.08. The molecule has 5 nitrogen and oxygen atoms in total. The first-order valence-electron chi connectivity index (χ1n) is 6.22. The number of rotatable bonds is 3. The van der Waals surface area contributed by atoms with Gasteiger partial charge < -0.3 is 14.8 Å². The monoisotopic (exact) mass is 270 g/mol. The molecule has 5 heteroatoms. The number of nitrogens with zero attached hydrogens (tertiary/aromatic N) is 1. The van der Waals surface area contributed by atoms with Crippen molar-refractivity contribution in [3.05, 3.63) is 58.5 Å². The number of aromatic hydroxyl groups is 1. The van der Waals surface area contributed by atoms with Crippen LogP contribution in [0.2, 0.25) is 0 Å². The maximum absolute atomic E-state index is 12.0. The molecule has 0 unspecified atom stereocenters. The van der Waals surface area contributed by atoms with Crippen LogP contribution in [0.4, 0.5) is 0 Å². The van der Waals surface area contributed by atoms with E-state index in [-0.39, 0.29) is 11.4 Å². The fourth-order valence-corrected chi connectivity index (χ4v) is 2.25. The summed E-state index contributed by atoms with van der Waals surface area (Å²) in [4.78, 5) is 14.8. The maximum Gasteiger partial charge on any atom is 0.326 e. The summed E-state index contributed by atoms with van der Waals surface area (Å²) in [5.41, 5.74) is 2.14. The molecule has 0 aliphatic carbocycles. The van der Waals surface area contributed by atoms with E-state index in [1.807, 2.05) is 24.3 Å². The maximum atomic E-state index is 12.0. The highest BCUT2D eigenvalue weighted by atomic mass is 16.5. The third-order valence-corrected chi connectivity index (χ3v) is 3.23. The standard InChI is InChI=1S/C15H14N2O3/c1-20-12-4-2-3-10(7-12)9-17-14-8-11(18)5-6-13(14)16-15(17)19/h2-8,18H,9H2,1H3,(H,16,19). The van der Waals surface area contributed by atoms with Gasteiger partial charge in [0.1, 0.15) is 11.5 Å². The molecular weight excluding hydrogens is 256 g/mol. The summed E-state index contributed by atoms with van der Waals surface area (Å²) >= 11 is 0. The number of hydrogen-bond donors (Lipinski definition) is 2. The molecule has 0 saturated carbocycles. The van der Waals surface area contributed by atoms with Crippen LogP contribution in [-0.4, -0.2) is 21.8 Å². The van der Waals surface area contributed by atoms with Gasteiger partial charge in [-0.25, -0.2) is 4.79 Å².